The summed E-state index contributed by atoms with van der Waals surface area (Å²) in [6, 6.07) is -1.56. The molecule has 1 rings (SSSR count). The highest BCUT2D eigenvalue weighted by Gasteiger charge is 2.39. The van der Waals surface area contributed by atoms with Crippen LogP contribution in [0.2, 0.25) is 0 Å². The lowest BCUT2D eigenvalue weighted by molar-refractivity contribution is -0.161. The molecule has 61 heavy (non-hydrogen) atoms. The van der Waals surface area contributed by atoms with Gasteiger partial charge in [-0.05, 0) is 63.7 Å². The molecule has 7 atom stereocenters. The van der Waals surface area contributed by atoms with Crippen molar-refractivity contribution in [1.82, 2.24) is 0 Å². The third-order valence-corrected chi connectivity index (χ3v) is 11.7. The first-order valence-corrected chi connectivity index (χ1v) is 24.6. The average Bonchev–Trinajstić information content (AvgIpc) is 3.49. The molecular formula is C46H80NO13P. The zero-order chi connectivity index (χ0) is 45.1. The molecule has 0 radical (unpaired) electrons. The number of allylic oxidation sites excluding steroid dienone is 5. The van der Waals surface area contributed by atoms with E-state index in [-0.39, 0.29) is 31.0 Å². The van der Waals surface area contributed by atoms with Gasteiger partial charge in [0.1, 0.15) is 18.4 Å². The van der Waals surface area contributed by atoms with Crippen molar-refractivity contribution in [2.75, 3.05) is 19.8 Å². The molecule has 0 aliphatic heterocycles. The van der Waals surface area contributed by atoms with Crippen LogP contribution in [0, 0.1) is 11.8 Å². The molecule has 0 aromatic carbocycles. The third-order valence-electron chi connectivity index (χ3n) is 10.8. The van der Waals surface area contributed by atoms with Crippen molar-refractivity contribution < 1.29 is 62.5 Å². The maximum absolute atomic E-state index is 12.7. The number of hydrogen-bond acceptors (Lipinski definition) is 12. The number of ether oxygens (including phenoxy) is 2. The third kappa shape index (κ3) is 30.1. The van der Waals surface area contributed by atoms with E-state index in [0.29, 0.717) is 32.1 Å². The fraction of sp³-hybridized carbons (Fsp3) is 0.783. The van der Waals surface area contributed by atoms with Gasteiger partial charge in [-0.25, -0.2) is 4.57 Å². The largest absolute Gasteiger partial charge is 0.480 e. The summed E-state index contributed by atoms with van der Waals surface area (Å²) in [7, 11) is -4.78. The zero-order valence-electron chi connectivity index (χ0n) is 37.2. The quantitative estimate of drug-likeness (QED) is 0.0168. The fourth-order valence-electron chi connectivity index (χ4n) is 7.06. The number of hydrogen-bond donors (Lipinski definition) is 5. The Balaban J connectivity index is 2.45. The van der Waals surface area contributed by atoms with Gasteiger partial charge in [-0.1, -0.05) is 134 Å². The van der Waals surface area contributed by atoms with Crippen LogP contribution < -0.4 is 5.73 Å². The number of ketones is 1. The molecular weight excluding hydrogens is 805 g/mol. The zero-order valence-corrected chi connectivity index (χ0v) is 38.1. The van der Waals surface area contributed by atoms with E-state index < -0.39 is 75.8 Å². The maximum atomic E-state index is 12.7. The maximum Gasteiger partial charge on any atom is 0.472 e. The Hall–Kier alpha value is -2.71. The fourth-order valence-corrected chi connectivity index (χ4v) is 7.84. The Morgan fingerprint density at radius 1 is 0.770 bits per heavy atom. The standard InChI is InChI=1S/C46H80NO13P/c1-3-5-7-8-9-10-11-12-13-14-15-16-17-18-19-20-26-30-45(52)60-38(35-58-61(55,56)59-36-41(47)46(53)54)34-57-44(51)29-25-22-21-24-28-39-40(43(50)33-42(39)49)32-31-37(48)27-23-6-4-2/h9-10,12-13,31-32,37-42,48-49H,3-8,11,14-30,33-36,47H2,1-2H3,(H,53,54)(H,55,56)/b10-9-,13-12-,32-31+/t37-,38+,39+,40+,41-,42-/m0/s1. The molecule has 15 heteroatoms. The van der Waals surface area contributed by atoms with E-state index in [1.807, 2.05) is 0 Å². The van der Waals surface area contributed by atoms with Gasteiger partial charge < -0.3 is 35.4 Å². The molecule has 1 unspecified atom stereocenters. The molecule has 0 spiro atoms. The number of carbonyl (C=O) groups is 4. The van der Waals surface area contributed by atoms with Crippen molar-refractivity contribution in [1.29, 1.82) is 0 Å². The molecule has 6 N–H and O–H groups in total. The first kappa shape index (κ1) is 56.3. The Kier molecular flexibility index (Phi) is 33.0. The van der Waals surface area contributed by atoms with Gasteiger partial charge in [0.15, 0.2) is 6.10 Å². The molecule has 1 saturated carbocycles. The molecule has 1 aliphatic rings. The number of rotatable bonds is 39. The number of aliphatic hydroxyl groups is 2. The molecule has 1 aliphatic carbocycles. The van der Waals surface area contributed by atoms with E-state index >= 15 is 0 Å². The molecule has 0 amide bonds. The van der Waals surface area contributed by atoms with Crippen LogP contribution in [0.5, 0.6) is 0 Å². The molecule has 0 saturated heterocycles. The SMILES string of the molecule is CCCCC/C=C\C/C=C\CCCCCCCCCC(=O)O[C@H](COC(=O)CCCCCC[C@H]1[C@@H](O)CC(=O)[C@@H]1/C=C/[C@@H](O)CCCCC)COP(=O)(O)OC[C@H](N)C(=O)O. The number of nitrogens with two attached hydrogens (primary N) is 1. The van der Waals surface area contributed by atoms with Crippen LogP contribution in [-0.4, -0.2) is 88.1 Å². The predicted molar refractivity (Wildman–Crippen MR) is 236 cm³/mol. The van der Waals surface area contributed by atoms with Gasteiger partial charge in [-0.3, -0.25) is 28.2 Å². The van der Waals surface area contributed by atoms with Crippen LogP contribution in [-0.2, 0) is 42.3 Å². The highest BCUT2D eigenvalue weighted by Crippen LogP contribution is 2.43. The van der Waals surface area contributed by atoms with Crippen LogP contribution in [0.1, 0.15) is 174 Å². The lowest BCUT2D eigenvalue weighted by Crippen LogP contribution is -2.34. The molecule has 352 valence electrons. The highest BCUT2D eigenvalue weighted by molar-refractivity contribution is 7.47. The summed E-state index contributed by atoms with van der Waals surface area (Å²) in [5.74, 6) is -3.22. The van der Waals surface area contributed by atoms with Gasteiger partial charge in [0, 0.05) is 25.2 Å². The minimum Gasteiger partial charge on any atom is -0.480 e. The van der Waals surface area contributed by atoms with Gasteiger partial charge >= 0.3 is 25.7 Å². The van der Waals surface area contributed by atoms with Crippen molar-refractivity contribution in [2.24, 2.45) is 17.6 Å². The van der Waals surface area contributed by atoms with Crippen molar-refractivity contribution >= 4 is 31.5 Å². The Bertz CT molecular complexity index is 1340. The van der Waals surface area contributed by atoms with Crippen LogP contribution in [0.25, 0.3) is 0 Å². The Labute approximate surface area is 365 Å². The smallest absolute Gasteiger partial charge is 0.472 e. The van der Waals surface area contributed by atoms with Crippen LogP contribution >= 0.6 is 7.82 Å². The summed E-state index contributed by atoms with van der Waals surface area (Å²) >= 11 is 0. The summed E-state index contributed by atoms with van der Waals surface area (Å²) in [4.78, 5) is 58.8. The second-order valence-corrected chi connectivity index (χ2v) is 17.8. The number of phosphoric acid groups is 1. The minimum atomic E-state index is -4.78. The Morgan fingerprint density at radius 2 is 1.33 bits per heavy atom. The first-order valence-electron chi connectivity index (χ1n) is 23.1. The topological polar surface area (TPSA) is 229 Å². The van der Waals surface area contributed by atoms with Gasteiger partial charge in [0.25, 0.3) is 0 Å². The number of carbonyl (C=O) groups excluding carboxylic acids is 3. The number of aliphatic carboxylic acids is 1. The van der Waals surface area contributed by atoms with Crippen molar-refractivity contribution in [3.05, 3.63) is 36.5 Å². The van der Waals surface area contributed by atoms with E-state index in [1.54, 1.807) is 12.2 Å². The van der Waals surface area contributed by atoms with Crippen LogP contribution in [0.3, 0.4) is 0 Å². The Morgan fingerprint density at radius 3 is 1.97 bits per heavy atom. The second-order valence-electron chi connectivity index (χ2n) is 16.3. The average molecular weight is 886 g/mol. The highest BCUT2D eigenvalue weighted by atomic mass is 31.2. The van der Waals surface area contributed by atoms with E-state index in [4.69, 9.17) is 24.8 Å². The molecule has 0 aromatic rings. The van der Waals surface area contributed by atoms with E-state index in [1.165, 1.54) is 19.3 Å². The van der Waals surface area contributed by atoms with E-state index in [0.717, 1.165) is 89.9 Å². The normalized spacial score (nSPS) is 19.4. The second kappa shape index (κ2) is 35.7. The van der Waals surface area contributed by atoms with Crippen molar-refractivity contribution in [3.63, 3.8) is 0 Å². The number of carboxylic acids is 1. The molecule has 14 nitrogen and oxygen atoms in total. The summed E-state index contributed by atoms with van der Waals surface area (Å²) in [6.07, 6.45) is 31.1. The van der Waals surface area contributed by atoms with E-state index in [9.17, 15) is 38.8 Å². The summed E-state index contributed by atoms with van der Waals surface area (Å²) in [6.45, 7) is 2.43. The summed E-state index contributed by atoms with van der Waals surface area (Å²) in [5.41, 5.74) is 5.33. The summed E-state index contributed by atoms with van der Waals surface area (Å²) in [5, 5.41) is 29.7. The van der Waals surface area contributed by atoms with Gasteiger partial charge in [-0.2, -0.15) is 0 Å². The number of Topliss-reactive ketones (excluding diaryl/α,β-unsaturated/α-hetero) is 1. The van der Waals surface area contributed by atoms with Crippen molar-refractivity contribution in [3.8, 4) is 0 Å². The predicted octanol–water partition coefficient (Wildman–Crippen LogP) is 8.98. The number of esters is 2. The number of phosphoric ester groups is 1. The monoisotopic (exact) mass is 886 g/mol. The van der Waals surface area contributed by atoms with E-state index in [2.05, 4.69) is 42.7 Å². The number of unbranched alkanes of at least 4 members (excludes halogenated alkanes) is 15. The summed E-state index contributed by atoms with van der Waals surface area (Å²) < 4.78 is 32.7. The van der Waals surface area contributed by atoms with Crippen molar-refractivity contribution in [2.45, 2.75) is 199 Å². The molecule has 0 heterocycles. The van der Waals surface area contributed by atoms with Gasteiger partial charge in [0.05, 0.1) is 25.4 Å². The minimum absolute atomic E-state index is 0.0178. The lowest BCUT2D eigenvalue weighted by Gasteiger charge is -2.20. The van der Waals surface area contributed by atoms with Crippen LogP contribution in [0.4, 0.5) is 0 Å². The van der Waals surface area contributed by atoms with Crippen LogP contribution in [0.15, 0.2) is 36.5 Å². The number of carboxylic acid groups (broad SMARTS) is 1. The lowest BCUT2D eigenvalue weighted by atomic mass is 9.88. The van der Waals surface area contributed by atoms with Gasteiger partial charge in [-0.15, -0.1) is 0 Å². The number of aliphatic hydroxyl groups excluding tert-OH is 2. The first-order chi connectivity index (χ1) is 29.3. The molecule has 1 fully saturated rings. The molecule has 0 bridgehead atoms. The van der Waals surface area contributed by atoms with Gasteiger partial charge in [0.2, 0.25) is 0 Å². The molecule has 0 aromatic heterocycles.